The van der Waals surface area contributed by atoms with Gasteiger partial charge in [-0.2, -0.15) is 0 Å². The Morgan fingerprint density at radius 3 is 2.47 bits per heavy atom. The third-order valence-electron chi connectivity index (χ3n) is 3.48. The van der Waals surface area contributed by atoms with Gasteiger partial charge in [-0.25, -0.2) is 4.98 Å². The van der Waals surface area contributed by atoms with Crippen molar-refractivity contribution in [3.63, 3.8) is 0 Å². The highest BCUT2D eigenvalue weighted by Crippen LogP contribution is 2.48. The number of carbonyl (C=O) groups is 1. The van der Waals surface area contributed by atoms with Gasteiger partial charge in [-0.3, -0.25) is 4.79 Å². The largest absolute Gasteiger partial charge is 0.310 e. The molecular formula is C15H13IN2O. The SMILES string of the molecule is O=C(Nc1ccc(I)cn1)C1(c2ccccc2)CC1. The van der Waals surface area contributed by atoms with E-state index in [4.69, 9.17) is 0 Å². The first-order chi connectivity index (χ1) is 9.21. The standard InChI is InChI=1S/C15H13IN2O/c16-12-6-7-13(17-10-12)18-14(19)15(8-9-15)11-4-2-1-3-5-11/h1-7,10H,8-9H2,(H,17,18,19). The Morgan fingerprint density at radius 1 is 1.16 bits per heavy atom. The van der Waals surface area contributed by atoms with Gasteiger partial charge in [-0.15, -0.1) is 0 Å². The van der Waals surface area contributed by atoms with Crippen molar-refractivity contribution in [3.05, 3.63) is 57.8 Å². The first kappa shape index (κ1) is 12.6. The molecule has 0 atom stereocenters. The lowest BCUT2D eigenvalue weighted by Crippen LogP contribution is -2.28. The van der Waals surface area contributed by atoms with Gasteiger partial charge in [0, 0.05) is 9.77 Å². The molecule has 1 aromatic carbocycles. The quantitative estimate of drug-likeness (QED) is 0.849. The number of amides is 1. The molecule has 1 amide bonds. The fraction of sp³-hybridized carbons (Fsp3) is 0.200. The summed E-state index contributed by atoms with van der Waals surface area (Å²) in [5, 5.41) is 2.92. The lowest BCUT2D eigenvalue weighted by molar-refractivity contribution is -0.118. The first-order valence-corrected chi connectivity index (χ1v) is 7.27. The lowest BCUT2D eigenvalue weighted by atomic mass is 9.95. The number of anilines is 1. The predicted molar refractivity (Wildman–Crippen MR) is 82.9 cm³/mol. The summed E-state index contributed by atoms with van der Waals surface area (Å²) in [6.45, 7) is 0. The van der Waals surface area contributed by atoms with E-state index in [0.717, 1.165) is 22.0 Å². The van der Waals surface area contributed by atoms with E-state index in [9.17, 15) is 4.79 Å². The van der Waals surface area contributed by atoms with Crippen molar-refractivity contribution in [2.45, 2.75) is 18.3 Å². The fourth-order valence-corrected chi connectivity index (χ4v) is 2.53. The Labute approximate surface area is 125 Å². The normalized spacial score (nSPS) is 15.8. The molecule has 3 rings (SSSR count). The van der Waals surface area contributed by atoms with Gasteiger partial charge in [0.1, 0.15) is 5.82 Å². The van der Waals surface area contributed by atoms with Crippen molar-refractivity contribution in [3.8, 4) is 0 Å². The highest BCUT2D eigenvalue weighted by atomic mass is 127. The average molecular weight is 364 g/mol. The van der Waals surface area contributed by atoms with Gasteiger partial charge in [0.2, 0.25) is 5.91 Å². The molecule has 0 spiro atoms. The molecule has 0 aliphatic heterocycles. The number of hydrogen-bond donors (Lipinski definition) is 1. The number of hydrogen-bond acceptors (Lipinski definition) is 2. The number of nitrogens with zero attached hydrogens (tertiary/aromatic N) is 1. The van der Waals surface area contributed by atoms with Crippen LogP contribution in [0.2, 0.25) is 0 Å². The van der Waals surface area contributed by atoms with Gasteiger partial charge in [0.25, 0.3) is 0 Å². The van der Waals surface area contributed by atoms with Crippen molar-refractivity contribution in [1.82, 2.24) is 4.98 Å². The van der Waals surface area contributed by atoms with Crippen LogP contribution in [-0.4, -0.2) is 10.9 Å². The summed E-state index contributed by atoms with van der Waals surface area (Å²) in [5.74, 6) is 0.667. The van der Waals surface area contributed by atoms with Crippen LogP contribution in [0.25, 0.3) is 0 Å². The van der Waals surface area contributed by atoms with E-state index < -0.39 is 0 Å². The van der Waals surface area contributed by atoms with E-state index in [0.29, 0.717) is 5.82 Å². The molecule has 19 heavy (non-hydrogen) atoms. The zero-order valence-electron chi connectivity index (χ0n) is 10.3. The number of benzene rings is 1. The molecule has 1 saturated carbocycles. The maximum Gasteiger partial charge on any atom is 0.236 e. The van der Waals surface area contributed by atoms with Crippen molar-refractivity contribution >= 4 is 34.3 Å². The van der Waals surface area contributed by atoms with Crippen molar-refractivity contribution in [2.24, 2.45) is 0 Å². The van der Waals surface area contributed by atoms with Crippen LogP contribution < -0.4 is 5.32 Å². The van der Waals surface area contributed by atoms with Crippen LogP contribution in [0.4, 0.5) is 5.82 Å². The van der Waals surface area contributed by atoms with Gasteiger partial charge < -0.3 is 5.32 Å². The van der Waals surface area contributed by atoms with Crippen LogP contribution in [0.1, 0.15) is 18.4 Å². The van der Waals surface area contributed by atoms with Gasteiger partial charge in [0.05, 0.1) is 5.41 Å². The second kappa shape index (κ2) is 4.92. The molecule has 3 nitrogen and oxygen atoms in total. The summed E-state index contributed by atoms with van der Waals surface area (Å²) in [6, 6.07) is 13.7. The molecule has 1 aliphatic carbocycles. The molecule has 0 unspecified atom stereocenters. The Kier molecular flexibility index (Phi) is 3.26. The number of nitrogens with one attached hydrogen (secondary N) is 1. The topological polar surface area (TPSA) is 42.0 Å². The minimum atomic E-state index is -0.341. The zero-order chi connectivity index (χ0) is 13.3. The number of halogens is 1. The summed E-state index contributed by atoms with van der Waals surface area (Å²) in [4.78, 5) is 16.6. The summed E-state index contributed by atoms with van der Waals surface area (Å²) in [7, 11) is 0. The van der Waals surface area contributed by atoms with E-state index in [1.807, 2.05) is 42.5 Å². The monoisotopic (exact) mass is 364 g/mol. The Hall–Kier alpha value is -1.43. The molecule has 0 radical (unpaired) electrons. The number of pyridine rings is 1. The highest BCUT2D eigenvalue weighted by Gasteiger charge is 2.51. The molecule has 4 heteroatoms. The molecule has 0 saturated heterocycles. The van der Waals surface area contributed by atoms with Gasteiger partial charge in [-0.05, 0) is 53.1 Å². The average Bonchev–Trinajstić information content (AvgIpc) is 3.24. The lowest BCUT2D eigenvalue weighted by Gasteiger charge is -2.15. The van der Waals surface area contributed by atoms with Crippen LogP contribution in [0.5, 0.6) is 0 Å². The van der Waals surface area contributed by atoms with Crippen LogP contribution in [0.3, 0.4) is 0 Å². The summed E-state index contributed by atoms with van der Waals surface area (Å²) in [6.07, 6.45) is 3.57. The fourth-order valence-electron chi connectivity index (χ4n) is 2.21. The summed E-state index contributed by atoms with van der Waals surface area (Å²) < 4.78 is 1.06. The molecular weight excluding hydrogens is 351 g/mol. The molecule has 1 N–H and O–H groups in total. The Bertz CT molecular complexity index is 591. The van der Waals surface area contributed by atoms with E-state index in [-0.39, 0.29) is 11.3 Å². The van der Waals surface area contributed by atoms with Crippen LogP contribution in [0.15, 0.2) is 48.7 Å². The minimum Gasteiger partial charge on any atom is -0.310 e. The van der Waals surface area contributed by atoms with Crippen LogP contribution in [-0.2, 0) is 10.2 Å². The van der Waals surface area contributed by atoms with Crippen LogP contribution >= 0.6 is 22.6 Å². The van der Waals surface area contributed by atoms with Gasteiger partial charge in [0.15, 0.2) is 0 Å². The van der Waals surface area contributed by atoms with E-state index in [2.05, 4.69) is 32.9 Å². The van der Waals surface area contributed by atoms with Crippen LogP contribution in [0, 0.1) is 3.57 Å². The van der Waals surface area contributed by atoms with Gasteiger partial charge in [-0.1, -0.05) is 30.3 Å². The second-order valence-corrected chi connectivity index (χ2v) is 6.01. The van der Waals surface area contributed by atoms with Crippen molar-refractivity contribution in [2.75, 3.05) is 5.32 Å². The Morgan fingerprint density at radius 2 is 1.89 bits per heavy atom. The zero-order valence-corrected chi connectivity index (χ0v) is 12.4. The van der Waals surface area contributed by atoms with E-state index >= 15 is 0 Å². The molecule has 0 bridgehead atoms. The van der Waals surface area contributed by atoms with E-state index in [1.54, 1.807) is 6.20 Å². The third-order valence-corrected chi connectivity index (χ3v) is 4.12. The smallest absolute Gasteiger partial charge is 0.236 e. The number of rotatable bonds is 3. The molecule has 96 valence electrons. The Balaban J connectivity index is 1.79. The van der Waals surface area contributed by atoms with Crippen molar-refractivity contribution < 1.29 is 4.79 Å². The third kappa shape index (κ3) is 2.49. The van der Waals surface area contributed by atoms with Crippen molar-refractivity contribution in [1.29, 1.82) is 0 Å². The molecule has 1 fully saturated rings. The second-order valence-electron chi connectivity index (χ2n) is 4.76. The maximum absolute atomic E-state index is 12.4. The molecule has 1 heterocycles. The number of aromatic nitrogens is 1. The number of carbonyl (C=O) groups excluding carboxylic acids is 1. The predicted octanol–water partition coefficient (Wildman–Crippen LogP) is 3.36. The maximum atomic E-state index is 12.4. The summed E-state index contributed by atoms with van der Waals surface area (Å²) in [5.41, 5.74) is 0.754. The van der Waals surface area contributed by atoms with E-state index in [1.165, 1.54) is 0 Å². The minimum absolute atomic E-state index is 0.0485. The molecule has 1 aromatic heterocycles. The highest BCUT2D eigenvalue weighted by molar-refractivity contribution is 14.1. The molecule has 1 aliphatic rings. The molecule has 2 aromatic rings. The van der Waals surface area contributed by atoms with Gasteiger partial charge >= 0.3 is 0 Å². The first-order valence-electron chi connectivity index (χ1n) is 6.19. The summed E-state index contributed by atoms with van der Waals surface area (Å²) >= 11 is 2.19.